The molecule has 0 bridgehead atoms. The predicted octanol–water partition coefficient (Wildman–Crippen LogP) is 4.76. The van der Waals surface area contributed by atoms with Gasteiger partial charge < -0.3 is 0 Å². The van der Waals surface area contributed by atoms with Crippen LogP contribution in [0.1, 0.15) is 55.8 Å². The number of nitrogens with one attached hydrogen (secondary N) is 1. The van der Waals surface area contributed by atoms with E-state index in [4.69, 9.17) is 16.7 Å². The SMILES string of the molecule is CC(=O)C1=NN(c2ccc(Cl)cc2)C2(CCCCCC2)N1NC(=O)c1ccccc1. The summed E-state index contributed by atoms with van der Waals surface area (Å²) in [5.41, 5.74) is 3.75. The third kappa shape index (κ3) is 3.79. The summed E-state index contributed by atoms with van der Waals surface area (Å²) in [4.78, 5) is 25.6. The highest BCUT2D eigenvalue weighted by atomic mass is 35.5. The molecule has 1 heterocycles. The van der Waals surface area contributed by atoms with Gasteiger partial charge in [-0.3, -0.25) is 15.0 Å². The van der Waals surface area contributed by atoms with Crippen molar-refractivity contribution in [2.24, 2.45) is 5.10 Å². The number of carbonyl (C=O) groups is 2. The second-order valence-electron chi connectivity index (χ2n) is 7.81. The molecule has 1 saturated carbocycles. The van der Waals surface area contributed by atoms with Crippen molar-refractivity contribution in [3.63, 3.8) is 0 Å². The maximum Gasteiger partial charge on any atom is 0.269 e. The summed E-state index contributed by atoms with van der Waals surface area (Å²) in [6, 6.07) is 16.5. The van der Waals surface area contributed by atoms with Crippen LogP contribution < -0.4 is 10.4 Å². The zero-order valence-corrected chi connectivity index (χ0v) is 17.7. The molecule has 0 radical (unpaired) electrons. The first-order chi connectivity index (χ1) is 14.5. The van der Waals surface area contributed by atoms with Crippen LogP contribution in [0.25, 0.3) is 0 Å². The topological polar surface area (TPSA) is 65.0 Å². The summed E-state index contributed by atoms with van der Waals surface area (Å²) in [6.45, 7) is 1.48. The number of benzene rings is 2. The average molecular weight is 425 g/mol. The number of anilines is 1. The maximum atomic E-state index is 13.0. The highest BCUT2D eigenvalue weighted by molar-refractivity contribution is 6.39. The van der Waals surface area contributed by atoms with Crippen LogP contribution in [0.2, 0.25) is 5.02 Å². The first-order valence-electron chi connectivity index (χ1n) is 10.3. The minimum atomic E-state index is -0.629. The van der Waals surface area contributed by atoms with Crippen molar-refractivity contribution in [1.82, 2.24) is 10.4 Å². The number of hydrazine groups is 1. The van der Waals surface area contributed by atoms with Crippen LogP contribution in [0.4, 0.5) is 5.69 Å². The fourth-order valence-electron chi connectivity index (χ4n) is 4.28. The molecule has 156 valence electrons. The van der Waals surface area contributed by atoms with Gasteiger partial charge in [0, 0.05) is 17.5 Å². The van der Waals surface area contributed by atoms with Crippen molar-refractivity contribution in [2.45, 2.75) is 51.1 Å². The van der Waals surface area contributed by atoms with Gasteiger partial charge in [-0.25, -0.2) is 10.0 Å². The van der Waals surface area contributed by atoms with Crippen LogP contribution in [-0.2, 0) is 4.79 Å². The van der Waals surface area contributed by atoms with Gasteiger partial charge in [0.1, 0.15) is 0 Å². The molecule has 0 aromatic heterocycles. The zero-order valence-electron chi connectivity index (χ0n) is 17.0. The highest BCUT2D eigenvalue weighted by Gasteiger charge is 2.51. The molecule has 1 fully saturated rings. The van der Waals surface area contributed by atoms with Gasteiger partial charge in [0.05, 0.1) is 5.69 Å². The van der Waals surface area contributed by atoms with E-state index in [2.05, 4.69) is 5.43 Å². The van der Waals surface area contributed by atoms with E-state index < -0.39 is 5.66 Å². The average Bonchev–Trinajstić information content (AvgIpc) is 2.89. The second-order valence-corrected chi connectivity index (χ2v) is 8.24. The van der Waals surface area contributed by atoms with Crippen LogP contribution >= 0.6 is 11.6 Å². The fourth-order valence-corrected chi connectivity index (χ4v) is 4.40. The molecular weight excluding hydrogens is 400 g/mol. The van der Waals surface area contributed by atoms with Gasteiger partial charge in [-0.1, -0.05) is 42.6 Å². The van der Waals surface area contributed by atoms with E-state index in [1.54, 1.807) is 17.1 Å². The summed E-state index contributed by atoms with van der Waals surface area (Å²) < 4.78 is 0. The molecule has 1 N–H and O–H groups in total. The summed E-state index contributed by atoms with van der Waals surface area (Å²) in [5, 5.41) is 8.95. The number of hydrogen-bond donors (Lipinski definition) is 1. The molecule has 1 aliphatic heterocycles. The minimum Gasteiger partial charge on any atom is -0.291 e. The Balaban J connectivity index is 1.76. The highest BCUT2D eigenvalue weighted by Crippen LogP contribution is 2.42. The van der Waals surface area contributed by atoms with Gasteiger partial charge in [0.15, 0.2) is 11.4 Å². The third-order valence-electron chi connectivity index (χ3n) is 5.76. The number of ketones is 1. The van der Waals surface area contributed by atoms with Gasteiger partial charge in [-0.2, -0.15) is 0 Å². The van der Waals surface area contributed by atoms with E-state index in [0.717, 1.165) is 44.2 Å². The van der Waals surface area contributed by atoms with Crippen LogP contribution in [0.5, 0.6) is 0 Å². The Bertz CT molecular complexity index is 951. The summed E-state index contributed by atoms with van der Waals surface area (Å²) in [7, 11) is 0. The Labute approximate surface area is 181 Å². The number of hydrazone groups is 1. The van der Waals surface area contributed by atoms with Gasteiger partial charge in [-0.05, 0) is 62.1 Å². The van der Waals surface area contributed by atoms with Gasteiger partial charge in [-0.15, -0.1) is 5.10 Å². The van der Waals surface area contributed by atoms with E-state index in [1.807, 2.05) is 47.5 Å². The molecule has 30 heavy (non-hydrogen) atoms. The Morgan fingerprint density at radius 3 is 2.20 bits per heavy atom. The molecule has 0 saturated heterocycles. The van der Waals surface area contributed by atoms with Crippen molar-refractivity contribution in [3.8, 4) is 0 Å². The molecule has 7 heteroatoms. The number of rotatable bonds is 4. The monoisotopic (exact) mass is 424 g/mol. The molecule has 0 atom stereocenters. The van der Waals surface area contributed by atoms with Crippen LogP contribution in [0.15, 0.2) is 59.7 Å². The molecule has 1 amide bonds. The largest absolute Gasteiger partial charge is 0.291 e. The lowest BCUT2D eigenvalue weighted by Crippen LogP contribution is -2.62. The molecule has 6 nitrogen and oxygen atoms in total. The molecule has 4 rings (SSSR count). The first kappa shape index (κ1) is 20.4. The molecule has 1 spiro atoms. The second kappa shape index (κ2) is 8.48. The van der Waals surface area contributed by atoms with Crippen LogP contribution in [0.3, 0.4) is 0 Å². The van der Waals surface area contributed by atoms with Gasteiger partial charge in [0.2, 0.25) is 5.84 Å². The molecule has 2 aromatic rings. The van der Waals surface area contributed by atoms with E-state index in [9.17, 15) is 9.59 Å². The summed E-state index contributed by atoms with van der Waals surface area (Å²) in [5.74, 6) is -0.203. The van der Waals surface area contributed by atoms with Crippen molar-refractivity contribution < 1.29 is 9.59 Å². The number of amidine groups is 1. The predicted molar refractivity (Wildman–Crippen MR) is 118 cm³/mol. The van der Waals surface area contributed by atoms with E-state index in [1.165, 1.54) is 6.92 Å². The number of carbonyl (C=O) groups excluding carboxylic acids is 2. The normalized spacial score (nSPS) is 18.1. The minimum absolute atomic E-state index is 0.191. The lowest BCUT2D eigenvalue weighted by Gasteiger charge is -2.43. The van der Waals surface area contributed by atoms with E-state index >= 15 is 0 Å². The van der Waals surface area contributed by atoms with E-state index in [0.29, 0.717) is 10.6 Å². The Hall–Kier alpha value is -2.86. The lowest BCUT2D eigenvalue weighted by molar-refractivity contribution is -0.112. The number of amides is 1. The quantitative estimate of drug-likeness (QED) is 0.768. The van der Waals surface area contributed by atoms with Crippen LogP contribution in [-0.4, -0.2) is 28.2 Å². The Kier molecular flexibility index (Phi) is 5.77. The molecule has 2 aromatic carbocycles. The number of hydrogen-bond acceptors (Lipinski definition) is 5. The molecular formula is C23H25ClN4O2. The number of nitrogens with zero attached hydrogens (tertiary/aromatic N) is 3. The first-order valence-corrected chi connectivity index (χ1v) is 10.7. The standard InChI is InChI=1S/C23H25ClN4O2/c1-17(29)21-25-27(20-13-11-19(24)12-14-20)23(15-7-2-3-8-16-23)28(21)26-22(30)18-9-5-4-6-10-18/h4-6,9-14H,2-3,7-8,15-16H2,1H3,(H,26,30). The number of Topliss-reactive ketones (excluding diaryl/α,β-unsaturated/α-hetero) is 1. The van der Waals surface area contributed by atoms with Gasteiger partial charge in [0.25, 0.3) is 5.91 Å². The number of halogens is 1. The summed E-state index contributed by atoms with van der Waals surface area (Å²) >= 11 is 6.09. The Morgan fingerprint density at radius 1 is 0.967 bits per heavy atom. The molecule has 2 aliphatic rings. The summed E-state index contributed by atoms with van der Waals surface area (Å²) in [6.07, 6.45) is 5.78. The fraction of sp³-hybridized carbons (Fsp3) is 0.348. The maximum absolute atomic E-state index is 13.0. The van der Waals surface area contributed by atoms with Crippen molar-refractivity contribution >= 4 is 34.8 Å². The molecule has 1 aliphatic carbocycles. The van der Waals surface area contributed by atoms with Crippen molar-refractivity contribution in [2.75, 3.05) is 5.01 Å². The Morgan fingerprint density at radius 2 is 1.60 bits per heavy atom. The molecule has 0 unspecified atom stereocenters. The third-order valence-corrected chi connectivity index (χ3v) is 6.01. The van der Waals surface area contributed by atoms with Crippen molar-refractivity contribution in [3.05, 3.63) is 65.2 Å². The smallest absolute Gasteiger partial charge is 0.269 e. The lowest BCUT2D eigenvalue weighted by atomic mass is 9.98. The van der Waals surface area contributed by atoms with E-state index in [-0.39, 0.29) is 17.5 Å². The van der Waals surface area contributed by atoms with Crippen LogP contribution in [0, 0.1) is 0 Å². The van der Waals surface area contributed by atoms with Crippen molar-refractivity contribution in [1.29, 1.82) is 0 Å². The zero-order chi connectivity index (χ0) is 21.1. The van der Waals surface area contributed by atoms with Gasteiger partial charge >= 0.3 is 0 Å².